The quantitative estimate of drug-likeness (QED) is 0.441. The van der Waals surface area contributed by atoms with Gasteiger partial charge in [-0.2, -0.15) is 4.98 Å². The van der Waals surface area contributed by atoms with Gasteiger partial charge < -0.3 is 39.3 Å². The van der Waals surface area contributed by atoms with E-state index in [1.165, 1.54) is 0 Å². The van der Waals surface area contributed by atoms with Crippen molar-refractivity contribution in [1.82, 2.24) is 9.97 Å². The third kappa shape index (κ3) is 3.81. The number of imidazole rings is 1. The lowest BCUT2D eigenvalue weighted by Crippen LogP contribution is -2.34. The molecule has 1 aromatic heterocycles. The van der Waals surface area contributed by atoms with Crippen LogP contribution in [0.1, 0.15) is 23.5 Å². The number of nitrogens with zero attached hydrogens (tertiary/aromatic N) is 1. The molecule has 0 spiro atoms. The molecule has 6 rings (SSSR count). The summed E-state index contributed by atoms with van der Waals surface area (Å²) in [5, 5.41) is 30.3. The maximum atomic E-state index is 10.2. The van der Waals surface area contributed by atoms with Gasteiger partial charge in [0, 0.05) is 17.5 Å². The van der Waals surface area contributed by atoms with E-state index in [0.29, 0.717) is 35.9 Å². The summed E-state index contributed by atoms with van der Waals surface area (Å²) in [6, 6.07) is 8.96. The molecule has 5 atom stereocenters. The maximum absolute atomic E-state index is 10.2. The van der Waals surface area contributed by atoms with Crippen LogP contribution in [0.4, 0.5) is 0 Å². The normalized spacial score (nSPS) is 27.7. The summed E-state index contributed by atoms with van der Waals surface area (Å²) in [4.78, 5) is 7.78. The molecule has 3 aliphatic rings. The van der Waals surface area contributed by atoms with E-state index in [2.05, 4.69) is 9.97 Å². The molecule has 5 unspecified atom stereocenters. The van der Waals surface area contributed by atoms with Gasteiger partial charge in [-0.1, -0.05) is 24.3 Å². The number of ether oxygens (including phenoxy) is 4. The van der Waals surface area contributed by atoms with Gasteiger partial charge in [0.2, 0.25) is 0 Å². The Balaban J connectivity index is 1.24. The van der Waals surface area contributed by atoms with Crippen LogP contribution in [0.15, 0.2) is 48.6 Å². The molecule has 2 saturated heterocycles. The number of aliphatic hydroxyl groups excluding tert-OH is 1. The van der Waals surface area contributed by atoms with E-state index in [1.54, 1.807) is 25.3 Å². The Bertz CT molecular complexity index is 1310. The first kappa shape index (κ1) is 22.0. The van der Waals surface area contributed by atoms with Crippen LogP contribution in [-0.2, 0) is 9.47 Å². The summed E-state index contributed by atoms with van der Waals surface area (Å²) in [6.45, 7) is 0.566. The topological polar surface area (TPSA) is 126 Å². The van der Waals surface area contributed by atoms with E-state index < -0.39 is 6.10 Å². The highest BCUT2D eigenvalue weighted by molar-refractivity contribution is 5.83. The maximum Gasteiger partial charge on any atom is 0.295 e. The lowest BCUT2D eigenvalue weighted by atomic mass is 9.87. The number of aliphatic hydroxyl groups is 1. The second kappa shape index (κ2) is 8.60. The Kier molecular flexibility index (Phi) is 5.40. The Hall–Kier alpha value is -3.53. The fraction of sp³-hybridized carbons (Fsp3) is 0.346. The summed E-state index contributed by atoms with van der Waals surface area (Å²) in [7, 11) is 1.63. The smallest absolute Gasteiger partial charge is 0.295 e. The van der Waals surface area contributed by atoms with Crippen molar-refractivity contribution in [3.05, 3.63) is 59.7 Å². The lowest BCUT2D eigenvalue weighted by molar-refractivity contribution is 0.00706. The van der Waals surface area contributed by atoms with Crippen LogP contribution < -0.4 is 9.47 Å². The molecule has 0 amide bonds. The number of phenolic OH excluding ortho intramolecular Hbond substituents is 2. The standard InChI is InChI=1S/C26H26N2O7/c1-32-21-10-17-16(27-26(28-17)35-22-12-34-24-20(31)11-33-25(22)24)9-15(21)13-5-7-14(8-6-13)23-18(29)3-2-4-19(23)30/h2-5,7-10,13,20,22,24-25,29-31H,6,11-12H2,1H3,(H,27,28). The van der Waals surface area contributed by atoms with E-state index >= 15 is 0 Å². The van der Waals surface area contributed by atoms with Crippen LogP contribution in [0.25, 0.3) is 16.6 Å². The number of phenols is 2. The zero-order chi connectivity index (χ0) is 24.1. The number of H-pyrrole nitrogens is 1. The van der Waals surface area contributed by atoms with Crippen molar-refractivity contribution in [2.24, 2.45) is 0 Å². The van der Waals surface area contributed by atoms with Gasteiger partial charge in [0.05, 0.1) is 36.9 Å². The first-order valence-electron chi connectivity index (χ1n) is 11.6. The zero-order valence-electron chi connectivity index (χ0n) is 19.0. The van der Waals surface area contributed by atoms with Crippen molar-refractivity contribution >= 4 is 16.6 Å². The summed E-state index contributed by atoms with van der Waals surface area (Å²) in [6.07, 6.45) is 4.93. The van der Waals surface area contributed by atoms with Crippen molar-refractivity contribution in [2.75, 3.05) is 20.3 Å². The number of aromatic nitrogens is 2. The summed E-state index contributed by atoms with van der Waals surface area (Å²) >= 11 is 0. The van der Waals surface area contributed by atoms with Crippen molar-refractivity contribution in [1.29, 1.82) is 0 Å². The van der Waals surface area contributed by atoms with Gasteiger partial charge in [-0.05, 0) is 30.2 Å². The van der Waals surface area contributed by atoms with Crippen LogP contribution in [-0.4, -0.2) is 70.0 Å². The molecule has 3 heterocycles. The highest BCUT2D eigenvalue weighted by Gasteiger charge is 2.48. The molecule has 182 valence electrons. The van der Waals surface area contributed by atoms with Gasteiger partial charge in [-0.15, -0.1) is 0 Å². The monoisotopic (exact) mass is 478 g/mol. The van der Waals surface area contributed by atoms with Crippen LogP contribution in [0.3, 0.4) is 0 Å². The number of nitrogens with one attached hydrogen (secondary N) is 1. The summed E-state index contributed by atoms with van der Waals surface area (Å²) < 4.78 is 23.0. The van der Waals surface area contributed by atoms with Crippen molar-refractivity contribution in [3.63, 3.8) is 0 Å². The molecule has 2 aromatic carbocycles. The number of aromatic hydroxyl groups is 2. The molecule has 0 bridgehead atoms. The number of aromatic amines is 1. The van der Waals surface area contributed by atoms with Crippen molar-refractivity contribution in [3.8, 4) is 23.3 Å². The Labute approximate surface area is 201 Å². The molecule has 0 saturated carbocycles. The highest BCUT2D eigenvalue weighted by atomic mass is 16.6. The average molecular weight is 479 g/mol. The molecule has 2 fully saturated rings. The van der Waals surface area contributed by atoms with Crippen LogP contribution in [0.5, 0.6) is 23.3 Å². The molecule has 1 aliphatic carbocycles. The van der Waals surface area contributed by atoms with Crippen molar-refractivity contribution < 1.29 is 34.3 Å². The molecule has 0 radical (unpaired) electrons. The molecular formula is C26H26N2O7. The van der Waals surface area contributed by atoms with E-state index in [0.717, 1.165) is 16.7 Å². The fourth-order valence-electron chi connectivity index (χ4n) is 5.10. The largest absolute Gasteiger partial charge is 0.507 e. The second-order valence-electron chi connectivity index (χ2n) is 9.00. The Morgan fingerprint density at radius 3 is 2.63 bits per heavy atom. The van der Waals surface area contributed by atoms with Gasteiger partial charge in [0.15, 0.2) is 6.10 Å². The average Bonchev–Trinajstić information content (AvgIpc) is 3.55. The van der Waals surface area contributed by atoms with E-state index in [1.807, 2.05) is 30.4 Å². The highest BCUT2D eigenvalue weighted by Crippen LogP contribution is 2.41. The number of allylic oxidation sites excluding steroid dienone is 4. The lowest BCUT2D eigenvalue weighted by Gasteiger charge is -2.20. The first-order chi connectivity index (χ1) is 17.0. The zero-order valence-corrected chi connectivity index (χ0v) is 19.0. The second-order valence-corrected chi connectivity index (χ2v) is 9.00. The van der Waals surface area contributed by atoms with E-state index in [4.69, 9.17) is 18.9 Å². The minimum Gasteiger partial charge on any atom is -0.507 e. The molecule has 9 heteroatoms. The van der Waals surface area contributed by atoms with E-state index in [-0.39, 0.29) is 42.3 Å². The van der Waals surface area contributed by atoms with Gasteiger partial charge in [0.25, 0.3) is 6.01 Å². The predicted molar refractivity (Wildman–Crippen MR) is 127 cm³/mol. The third-order valence-electron chi connectivity index (χ3n) is 6.86. The number of fused-ring (bicyclic) bond motifs is 2. The Morgan fingerprint density at radius 1 is 1.09 bits per heavy atom. The third-order valence-corrected chi connectivity index (χ3v) is 6.86. The molecular weight excluding hydrogens is 452 g/mol. The molecule has 3 aromatic rings. The minimum atomic E-state index is -0.635. The Morgan fingerprint density at radius 2 is 1.89 bits per heavy atom. The molecule has 2 aliphatic heterocycles. The van der Waals surface area contributed by atoms with E-state index in [9.17, 15) is 15.3 Å². The molecule has 9 nitrogen and oxygen atoms in total. The summed E-state index contributed by atoms with van der Waals surface area (Å²) in [5.74, 6) is 0.828. The minimum absolute atomic E-state index is 0.0381. The van der Waals surface area contributed by atoms with Crippen LogP contribution in [0.2, 0.25) is 0 Å². The number of hydrogen-bond donors (Lipinski definition) is 4. The fourth-order valence-corrected chi connectivity index (χ4v) is 5.10. The van der Waals surface area contributed by atoms with Gasteiger partial charge in [-0.3, -0.25) is 0 Å². The van der Waals surface area contributed by atoms with Crippen molar-refractivity contribution in [2.45, 2.75) is 36.8 Å². The molecule has 4 N–H and O–H groups in total. The summed E-state index contributed by atoms with van der Waals surface area (Å²) in [5.41, 5.74) is 3.69. The number of benzene rings is 2. The number of rotatable bonds is 5. The predicted octanol–water partition coefficient (Wildman–Crippen LogP) is 3.02. The number of methoxy groups -OCH3 is 1. The van der Waals surface area contributed by atoms with Gasteiger partial charge in [-0.25, -0.2) is 0 Å². The first-order valence-corrected chi connectivity index (χ1v) is 11.6. The van der Waals surface area contributed by atoms with Crippen LogP contribution >= 0.6 is 0 Å². The van der Waals surface area contributed by atoms with Gasteiger partial charge >= 0.3 is 0 Å². The molecule has 35 heavy (non-hydrogen) atoms. The van der Waals surface area contributed by atoms with Gasteiger partial charge in [0.1, 0.15) is 35.6 Å². The van der Waals surface area contributed by atoms with Crippen LogP contribution in [0, 0.1) is 0 Å². The SMILES string of the molecule is COc1cc2nc(OC3COC4C(O)COC34)[nH]c2cc1C1C=CC(c2c(O)cccc2O)=CC1. The number of hydrogen-bond acceptors (Lipinski definition) is 8.